The van der Waals surface area contributed by atoms with Crippen molar-refractivity contribution in [1.29, 1.82) is 0 Å². The number of benzene rings is 1. The lowest BCUT2D eigenvalue weighted by atomic mass is 10.1. The largest absolute Gasteiger partial charge is 0.496 e. The zero-order chi connectivity index (χ0) is 16.6. The Morgan fingerprint density at radius 3 is 2.55 bits per heavy atom. The van der Waals surface area contributed by atoms with Crippen LogP contribution in [-0.4, -0.2) is 45.9 Å². The van der Waals surface area contributed by atoms with E-state index < -0.39 is 0 Å². The highest BCUT2D eigenvalue weighted by molar-refractivity contribution is 5.79. The molecule has 0 aliphatic heterocycles. The van der Waals surface area contributed by atoms with Crippen LogP contribution in [0.15, 0.2) is 23.2 Å². The molecule has 0 radical (unpaired) electrons. The minimum Gasteiger partial charge on any atom is -0.496 e. The summed E-state index contributed by atoms with van der Waals surface area (Å²) < 4.78 is 10.7. The van der Waals surface area contributed by atoms with Gasteiger partial charge < -0.3 is 20.1 Å². The average molecular weight is 307 g/mol. The molecule has 1 aromatic rings. The van der Waals surface area contributed by atoms with Crippen LogP contribution >= 0.6 is 0 Å². The van der Waals surface area contributed by atoms with Crippen LogP contribution in [0.4, 0.5) is 0 Å². The standard InChI is InChI=1S/C17H29N3O2/c1-13-7-8-14(11-15(13)21-5)9-10-19-16(18-4)20-12-17(2,3)22-6/h7-8,11H,9-10,12H2,1-6H3,(H2,18,19,20). The third kappa shape index (κ3) is 5.93. The summed E-state index contributed by atoms with van der Waals surface area (Å²) in [4.78, 5) is 4.22. The Balaban J connectivity index is 2.45. The first-order valence-electron chi connectivity index (χ1n) is 7.55. The normalized spacial score (nSPS) is 12.2. The van der Waals surface area contributed by atoms with Crippen LogP contribution in [0.1, 0.15) is 25.0 Å². The summed E-state index contributed by atoms with van der Waals surface area (Å²) >= 11 is 0. The smallest absolute Gasteiger partial charge is 0.191 e. The Bertz CT molecular complexity index is 499. The van der Waals surface area contributed by atoms with Crippen molar-refractivity contribution in [2.45, 2.75) is 32.8 Å². The molecule has 0 aliphatic carbocycles. The number of ether oxygens (including phenoxy) is 2. The van der Waals surface area contributed by atoms with Crippen molar-refractivity contribution in [1.82, 2.24) is 10.6 Å². The van der Waals surface area contributed by atoms with Crippen LogP contribution in [0.2, 0.25) is 0 Å². The maximum Gasteiger partial charge on any atom is 0.191 e. The Kier molecular flexibility index (Phi) is 7.18. The van der Waals surface area contributed by atoms with Gasteiger partial charge in [0, 0.05) is 27.2 Å². The Hall–Kier alpha value is -1.75. The van der Waals surface area contributed by atoms with Gasteiger partial charge in [-0.25, -0.2) is 0 Å². The molecule has 0 saturated heterocycles. The SMILES string of the molecule is CN=C(NCCc1ccc(C)c(OC)c1)NCC(C)(C)OC. The van der Waals surface area contributed by atoms with Crippen LogP contribution in [0.25, 0.3) is 0 Å². The average Bonchev–Trinajstić information content (AvgIpc) is 2.52. The van der Waals surface area contributed by atoms with Gasteiger partial charge in [-0.15, -0.1) is 0 Å². The van der Waals surface area contributed by atoms with Gasteiger partial charge in [-0.3, -0.25) is 4.99 Å². The lowest BCUT2D eigenvalue weighted by Crippen LogP contribution is -2.45. The third-order valence-electron chi connectivity index (χ3n) is 3.64. The second kappa shape index (κ2) is 8.63. The van der Waals surface area contributed by atoms with Crippen LogP contribution < -0.4 is 15.4 Å². The molecule has 0 spiro atoms. The van der Waals surface area contributed by atoms with Crippen molar-refractivity contribution in [3.8, 4) is 5.75 Å². The fraction of sp³-hybridized carbons (Fsp3) is 0.588. The number of nitrogens with zero attached hydrogens (tertiary/aromatic N) is 1. The maximum atomic E-state index is 5.38. The lowest BCUT2D eigenvalue weighted by molar-refractivity contribution is 0.0268. The molecule has 0 bridgehead atoms. The van der Waals surface area contributed by atoms with E-state index in [4.69, 9.17) is 9.47 Å². The molecule has 2 N–H and O–H groups in total. The zero-order valence-electron chi connectivity index (χ0n) is 14.6. The summed E-state index contributed by atoms with van der Waals surface area (Å²) in [7, 11) is 5.18. The minimum absolute atomic E-state index is 0.220. The van der Waals surface area contributed by atoms with Gasteiger partial charge in [0.05, 0.1) is 12.7 Å². The number of guanidine groups is 1. The summed E-state index contributed by atoms with van der Waals surface area (Å²) in [6.07, 6.45) is 0.908. The van der Waals surface area contributed by atoms with Crippen LogP contribution in [0.3, 0.4) is 0 Å². The molecule has 0 heterocycles. The van der Waals surface area contributed by atoms with Crippen molar-refractivity contribution in [2.24, 2.45) is 4.99 Å². The molecule has 0 saturated carbocycles. The van der Waals surface area contributed by atoms with E-state index in [0.29, 0.717) is 6.54 Å². The van der Waals surface area contributed by atoms with Crippen molar-refractivity contribution in [3.05, 3.63) is 29.3 Å². The van der Waals surface area contributed by atoms with Crippen molar-refractivity contribution >= 4 is 5.96 Å². The zero-order valence-corrected chi connectivity index (χ0v) is 14.6. The van der Waals surface area contributed by atoms with E-state index in [1.807, 2.05) is 20.8 Å². The Labute approximate surface area is 134 Å². The van der Waals surface area contributed by atoms with Gasteiger partial charge >= 0.3 is 0 Å². The molecule has 0 unspecified atom stereocenters. The fourth-order valence-electron chi connectivity index (χ4n) is 1.93. The first-order valence-corrected chi connectivity index (χ1v) is 7.55. The van der Waals surface area contributed by atoms with Gasteiger partial charge in [0.2, 0.25) is 0 Å². The van der Waals surface area contributed by atoms with E-state index in [0.717, 1.165) is 30.2 Å². The van der Waals surface area contributed by atoms with Gasteiger partial charge in [-0.05, 0) is 44.4 Å². The maximum absolute atomic E-state index is 5.38. The van der Waals surface area contributed by atoms with Crippen molar-refractivity contribution < 1.29 is 9.47 Å². The summed E-state index contributed by atoms with van der Waals surface area (Å²) in [5.74, 6) is 1.71. The molecule has 0 aromatic heterocycles. The van der Waals surface area contributed by atoms with Crippen LogP contribution in [0, 0.1) is 6.92 Å². The molecule has 5 nitrogen and oxygen atoms in total. The van der Waals surface area contributed by atoms with Crippen LogP contribution in [-0.2, 0) is 11.2 Å². The van der Waals surface area contributed by atoms with E-state index in [1.54, 1.807) is 21.3 Å². The van der Waals surface area contributed by atoms with Crippen molar-refractivity contribution in [2.75, 3.05) is 34.4 Å². The van der Waals surface area contributed by atoms with E-state index in [9.17, 15) is 0 Å². The second-order valence-corrected chi connectivity index (χ2v) is 5.87. The number of nitrogens with one attached hydrogen (secondary N) is 2. The molecule has 0 atom stereocenters. The number of hydrogen-bond acceptors (Lipinski definition) is 3. The second-order valence-electron chi connectivity index (χ2n) is 5.87. The quantitative estimate of drug-likeness (QED) is 0.598. The van der Waals surface area contributed by atoms with E-state index in [2.05, 4.69) is 33.8 Å². The molecule has 0 fully saturated rings. The highest BCUT2D eigenvalue weighted by Gasteiger charge is 2.16. The molecule has 0 aliphatic rings. The number of hydrogen-bond donors (Lipinski definition) is 2. The molecule has 124 valence electrons. The summed E-state index contributed by atoms with van der Waals surface area (Å²) in [5, 5.41) is 6.58. The van der Waals surface area contributed by atoms with Gasteiger partial charge in [-0.2, -0.15) is 0 Å². The molecular formula is C17H29N3O2. The van der Waals surface area contributed by atoms with Gasteiger partial charge in [0.1, 0.15) is 5.75 Å². The minimum atomic E-state index is -0.220. The molecule has 5 heteroatoms. The van der Waals surface area contributed by atoms with Gasteiger partial charge in [0.25, 0.3) is 0 Å². The highest BCUT2D eigenvalue weighted by atomic mass is 16.5. The number of rotatable bonds is 7. The van der Waals surface area contributed by atoms with Crippen molar-refractivity contribution in [3.63, 3.8) is 0 Å². The Morgan fingerprint density at radius 1 is 1.23 bits per heavy atom. The summed E-state index contributed by atoms with van der Waals surface area (Å²) in [5.41, 5.74) is 2.17. The van der Waals surface area contributed by atoms with Gasteiger partial charge in [0.15, 0.2) is 5.96 Å². The topological polar surface area (TPSA) is 54.9 Å². The molecular weight excluding hydrogens is 278 g/mol. The summed E-state index contributed by atoms with van der Waals surface area (Å²) in [6.45, 7) is 7.61. The monoisotopic (exact) mass is 307 g/mol. The first kappa shape index (κ1) is 18.3. The molecule has 1 aromatic carbocycles. The highest BCUT2D eigenvalue weighted by Crippen LogP contribution is 2.18. The summed E-state index contributed by atoms with van der Waals surface area (Å²) in [6, 6.07) is 6.30. The first-order chi connectivity index (χ1) is 10.4. The van der Waals surface area contributed by atoms with E-state index in [1.165, 1.54) is 5.56 Å². The predicted octanol–water partition coefficient (Wildman–Crippen LogP) is 2.14. The predicted molar refractivity (Wildman–Crippen MR) is 91.9 cm³/mol. The lowest BCUT2D eigenvalue weighted by Gasteiger charge is -2.24. The molecule has 22 heavy (non-hydrogen) atoms. The number of aryl methyl sites for hydroxylation is 1. The third-order valence-corrected chi connectivity index (χ3v) is 3.64. The van der Waals surface area contributed by atoms with Gasteiger partial charge in [-0.1, -0.05) is 12.1 Å². The molecule has 1 rings (SSSR count). The van der Waals surface area contributed by atoms with E-state index in [-0.39, 0.29) is 5.60 Å². The van der Waals surface area contributed by atoms with E-state index >= 15 is 0 Å². The molecule has 0 amide bonds. The number of aliphatic imine (C=N–C) groups is 1. The number of methoxy groups -OCH3 is 2. The fourth-order valence-corrected chi connectivity index (χ4v) is 1.93. The van der Waals surface area contributed by atoms with Crippen LogP contribution in [0.5, 0.6) is 5.75 Å². The Morgan fingerprint density at radius 2 is 1.95 bits per heavy atom.